The molecule has 1 aliphatic rings. The number of nitrogens with one attached hydrogen (secondary N) is 1. The minimum atomic E-state index is -4.68. The van der Waals surface area contributed by atoms with Gasteiger partial charge in [0.25, 0.3) is 0 Å². The van der Waals surface area contributed by atoms with E-state index in [0.29, 0.717) is 43.1 Å². The third-order valence-electron chi connectivity index (χ3n) is 3.70. The first-order chi connectivity index (χ1) is 12.8. The molecule has 1 aromatic carbocycles. The standard InChI is InChI=1S/C17H22NO8P/c1-24-6-7-25-5-4-18-17(20)11-13-9-14(19)8-12-10-15(2-3-16(12)13)26-27(21,22)23/h2-3,9-10H,4-8,11H2,1H3,(H,18,20)(H2,21,22,23). The number of fused-ring (bicyclic) bond motifs is 1. The monoisotopic (exact) mass is 399 g/mol. The van der Waals surface area contributed by atoms with Gasteiger partial charge in [-0.05, 0) is 34.9 Å². The van der Waals surface area contributed by atoms with E-state index in [1.165, 1.54) is 18.2 Å². The van der Waals surface area contributed by atoms with Crippen molar-refractivity contribution in [1.29, 1.82) is 0 Å². The van der Waals surface area contributed by atoms with Gasteiger partial charge >= 0.3 is 7.82 Å². The minimum Gasteiger partial charge on any atom is -0.404 e. The molecule has 0 bridgehead atoms. The number of ketones is 1. The van der Waals surface area contributed by atoms with Gasteiger partial charge in [0.1, 0.15) is 5.75 Å². The van der Waals surface area contributed by atoms with Crippen molar-refractivity contribution in [2.75, 3.05) is 33.5 Å². The molecule has 27 heavy (non-hydrogen) atoms. The van der Waals surface area contributed by atoms with E-state index >= 15 is 0 Å². The second-order valence-corrected chi connectivity index (χ2v) is 7.01. The Labute approximate surface area is 156 Å². The second kappa shape index (κ2) is 9.77. The average molecular weight is 399 g/mol. The Morgan fingerprint density at radius 1 is 1.26 bits per heavy atom. The normalized spacial score (nSPS) is 13.7. The van der Waals surface area contributed by atoms with Crippen LogP contribution in [0.15, 0.2) is 24.3 Å². The van der Waals surface area contributed by atoms with E-state index in [1.54, 1.807) is 13.2 Å². The van der Waals surface area contributed by atoms with Gasteiger partial charge in [-0.2, -0.15) is 0 Å². The molecular weight excluding hydrogens is 377 g/mol. The summed E-state index contributed by atoms with van der Waals surface area (Å²) in [4.78, 5) is 41.8. The summed E-state index contributed by atoms with van der Waals surface area (Å²) in [5, 5.41) is 2.71. The maximum absolute atomic E-state index is 12.1. The lowest BCUT2D eigenvalue weighted by molar-refractivity contribution is -0.120. The molecule has 0 radical (unpaired) electrons. The van der Waals surface area contributed by atoms with Crippen molar-refractivity contribution in [1.82, 2.24) is 5.32 Å². The number of carbonyl (C=O) groups is 2. The second-order valence-electron chi connectivity index (χ2n) is 5.85. The van der Waals surface area contributed by atoms with Gasteiger partial charge < -0.3 is 19.3 Å². The van der Waals surface area contributed by atoms with Gasteiger partial charge in [-0.3, -0.25) is 19.4 Å². The van der Waals surface area contributed by atoms with Crippen LogP contribution in [-0.4, -0.2) is 55.0 Å². The van der Waals surface area contributed by atoms with E-state index in [4.69, 9.17) is 19.3 Å². The third-order valence-corrected chi connectivity index (χ3v) is 4.15. The number of ether oxygens (including phenoxy) is 2. The lowest BCUT2D eigenvalue weighted by Gasteiger charge is -2.18. The molecule has 0 saturated carbocycles. The molecule has 0 aliphatic heterocycles. The molecular formula is C17H22NO8P. The highest BCUT2D eigenvalue weighted by Crippen LogP contribution is 2.39. The number of phosphoric acid groups is 1. The summed E-state index contributed by atoms with van der Waals surface area (Å²) in [6, 6.07) is 4.38. The first-order valence-corrected chi connectivity index (χ1v) is 9.77. The highest BCUT2D eigenvalue weighted by molar-refractivity contribution is 7.46. The van der Waals surface area contributed by atoms with Crippen LogP contribution in [0.4, 0.5) is 0 Å². The van der Waals surface area contributed by atoms with Crippen molar-refractivity contribution in [3.8, 4) is 5.75 Å². The summed E-state index contributed by atoms with van der Waals surface area (Å²) >= 11 is 0. The van der Waals surface area contributed by atoms with Crippen molar-refractivity contribution in [2.45, 2.75) is 12.8 Å². The van der Waals surface area contributed by atoms with E-state index in [9.17, 15) is 14.2 Å². The number of allylic oxidation sites excluding steroid dienone is 1. The van der Waals surface area contributed by atoms with Crippen molar-refractivity contribution in [3.05, 3.63) is 35.4 Å². The third kappa shape index (κ3) is 7.24. The van der Waals surface area contributed by atoms with Crippen molar-refractivity contribution in [2.24, 2.45) is 0 Å². The SMILES string of the molecule is COCCOCCNC(=O)CC1=CC(=O)Cc2cc(OP(=O)(O)O)ccc21. The Morgan fingerprint density at radius 3 is 2.74 bits per heavy atom. The number of amides is 1. The van der Waals surface area contributed by atoms with E-state index in [-0.39, 0.29) is 30.3 Å². The van der Waals surface area contributed by atoms with E-state index in [1.807, 2.05) is 0 Å². The Morgan fingerprint density at radius 2 is 2.04 bits per heavy atom. The number of hydrogen-bond acceptors (Lipinski definition) is 6. The molecule has 1 aromatic rings. The molecule has 10 heteroatoms. The Hall–Kier alpha value is -2.03. The highest BCUT2D eigenvalue weighted by Gasteiger charge is 2.22. The maximum atomic E-state index is 12.1. The van der Waals surface area contributed by atoms with Gasteiger partial charge in [-0.25, -0.2) is 4.57 Å². The molecule has 0 unspecified atom stereocenters. The van der Waals surface area contributed by atoms with Gasteiger partial charge in [0.05, 0.1) is 26.2 Å². The molecule has 9 nitrogen and oxygen atoms in total. The molecule has 0 fully saturated rings. The summed E-state index contributed by atoms with van der Waals surface area (Å²) in [5.74, 6) is -0.483. The minimum absolute atomic E-state index is 0.00943. The van der Waals surface area contributed by atoms with Crippen LogP contribution in [-0.2, 0) is 30.0 Å². The number of phosphoric ester groups is 1. The number of methoxy groups -OCH3 is 1. The molecule has 0 atom stereocenters. The highest BCUT2D eigenvalue weighted by atomic mass is 31.2. The quantitative estimate of drug-likeness (QED) is 0.390. The first kappa shape index (κ1) is 21.3. The molecule has 1 aliphatic carbocycles. The average Bonchev–Trinajstić information content (AvgIpc) is 2.56. The summed E-state index contributed by atoms with van der Waals surface area (Å²) < 4.78 is 25.6. The van der Waals surface area contributed by atoms with E-state index in [0.717, 1.165) is 0 Å². The molecule has 0 aromatic heterocycles. The summed E-state index contributed by atoms with van der Waals surface area (Å²) in [7, 11) is -3.11. The predicted molar refractivity (Wildman–Crippen MR) is 96.1 cm³/mol. The fourth-order valence-electron chi connectivity index (χ4n) is 2.62. The van der Waals surface area contributed by atoms with Gasteiger partial charge in [0.2, 0.25) is 5.91 Å². The Bertz CT molecular complexity index is 770. The van der Waals surface area contributed by atoms with E-state index in [2.05, 4.69) is 9.84 Å². The molecule has 0 heterocycles. The largest absolute Gasteiger partial charge is 0.524 e. The Kier molecular flexibility index (Phi) is 7.70. The van der Waals surface area contributed by atoms with Crippen LogP contribution in [0, 0.1) is 0 Å². The van der Waals surface area contributed by atoms with Gasteiger partial charge in [0, 0.05) is 20.1 Å². The Balaban J connectivity index is 1.97. The van der Waals surface area contributed by atoms with Crippen molar-refractivity contribution >= 4 is 25.1 Å². The van der Waals surface area contributed by atoms with E-state index < -0.39 is 7.82 Å². The van der Waals surface area contributed by atoms with Crippen LogP contribution < -0.4 is 9.84 Å². The first-order valence-electron chi connectivity index (χ1n) is 8.23. The fourth-order valence-corrected chi connectivity index (χ4v) is 3.01. The number of rotatable bonds is 10. The summed E-state index contributed by atoms with van der Waals surface area (Å²) in [6.45, 7) is 1.62. The smallest absolute Gasteiger partial charge is 0.404 e. The number of benzene rings is 1. The van der Waals surface area contributed by atoms with Crippen molar-refractivity contribution < 1.29 is 37.9 Å². The van der Waals surface area contributed by atoms with Gasteiger partial charge in [0.15, 0.2) is 5.78 Å². The lowest BCUT2D eigenvalue weighted by Crippen LogP contribution is -2.28. The summed E-state index contributed by atoms with van der Waals surface area (Å²) in [5.41, 5.74) is 1.78. The van der Waals surface area contributed by atoms with Crippen LogP contribution in [0.3, 0.4) is 0 Å². The summed E-state index contributed by atoms with van der Waals surface area (Å²) in [6.07, 6.45) is 1.50. The molecule has 3 N–H and O–H groups in total. The van der Waals surface area contributed by atoms with Crippen LogP contribution in [0.5, 0.6) is 5.75 Å². The van der Waals surface area contributed by atoms with Crippen LogP contribution in [0.2, 0.25) is 0 Å². The molecule has 2 rings (SSSR count). The van der Waals surface area contributed by atoms with Gasteiger partial charge in [-0.15, -0.1) is 0 Å². The van der Waals surface area contributed by atoms with Crippen LogP contribution in [0.1, 0.15) is 17.5 Å². The number of hydrogen-bond donors (Lipinski definition) is 3. The molecule has 148 valence electrons. The zero-order chi connectivity index (χ0) is 19.9. The molecule has 0 saturated heterocycles. The number of carbonyl (C=O) groups excluding carboxylic acids is 2. The van der Waals surface area contributed by atoms with Crippen molar-refractivity contribution in [3.63, 3.8) is 0 Å². The zero-order valence-electron chi connectivity index (χ0n) is 14.8. The lowest BCUT2D eigenvalue weighted by atomic mass is 9.88. The maximum Gasteiger partial charge on any atom is 0.524 e. The molecule has 0 spiro atoms. The fraction of sp³-hybridized carbons (Fsp3) is 0.412. The topological polar surface area (TPSA) is 131 Å². The van der Waals surface area contributed by atoms with Gasteiger partial charge in [-0.1, -0.05) is 6.07 Å². The van der Waals surface area contributed by atoms with Crippen LogP contribution >= 0.6 is 7.82 Å². The zero-order valence-corrected chi connectivity index (χ0v) is 15.7. The molecule has 1 amide bonds. The predicted octanol–water partition coefficient (Wildman–Crippen LogP) is 0.836. The van der Waals surface area contributed by atoms with Crippen LogP contribution in [0.25, 0.3) is 5.57 Å².